The van der Waals surface area contributed by atoms with Crippen LogP contribution in [0.5, 0.6) is 6.01 Å². The number of amides is 1. The van der Waals surface area contributed by atoms with Gasteiger partial charge in [0.1, 0.15) is 18.2 Å². The monoisotopic (exact) mass is 447 g/mol. The van der Waals surface area contributed by atoms with Crippen molar-refractivity contribution in [3.63, 3.8) is 0 Å². The molecule has 7 nitrogen and oxygen atoms in total. The zero-order valence-corrected chi connectivity index (χ0v) is 16.9. The quantitative estimate of drug-likeness (QED) is 0.603. The van der Waals surface area contributed by atoms with Crippen LogP contribution in [0.4, 0.5) is 40.4 Å². The molecule has 0 fully saturated rings. The number of nitrogen functional groups attached to an aromatic ring is 1. The first kappa shape index (κ1) is 21.3. The Kier molecular flexibility index (Phi) is 5.11. The maximum absolute atomic E-state index is 13.7. The summed E-state index contributed by atoms with van der Waals surface area (Å²) in [4.78, 5) is 23.9. The number of hydrogen-bond donors (Lipinski definition) is 1. The van der Waals surface area contributed by atoms with Crippen LogP contribution in [0, 0.1) is 12.7 Å². The summed E-state index contributed by atoms with van der Waals surface area (Å²) in [6.07, 6.45) is -3.39. The predicted molar refractivity (Wildman–Crippen MR) is 109 cm³/mol. The van der Waals surface area contributed by atoms with Crippen molar-refractivity contribution in [3.8, 4) is 6.01 Å². The van der Waals surface area contributed by atoms with Crippen molar-refractivity contribution in [1.82, 2.24) is 9.97 Å². The molecule has 0 aliphatic carbocycles. The molecule has 0 bridgehead atoms. The van der Waals surface area contributed by atoms with Crippen molar-refractivity contribution in [2.75, 3.05) is 29.3 Å². The molecule has 0 unspecified atom stereocenters. The molecule has 1 aliphatic rings. The van der Waals surface area contributed by atoms with Crippen LogP contribution < -0.4 is 20.3 Å². The van der Waals surface area contributed by atoms with Crippen molar-refractivity contribution in [2.45, 2.75) is 13.1 Å². The summed E-state index contributed by atoms with van der Waals surface area (Å²) in [5, 5.41) is 0. The molecular weight excluding hydrogens is 430 g/mol. The van der Waals surface area contributed by atoms with Crippen LogP contribution in [0.1, 0.15) is 21.5 Å². The summed E-state index contributed by atoms with van der Waals surface area (Å²) >= 11 is 0. The molecule has 2 aromatic carbocycles. The number of anilines is 4. The van der Waals surface area contributed by atoms with E-state index in [0.29, 0.717) is 11.3 Å². The molecule has 32 heavy (non-hydrogen) atoms. The predicted octanol–water partition coefficient (Wildman–Crippen LogP) is 4.29. The zero-order chi connectivity index (χ0) is 23.2. The fourth-order valence-electron chi connectivity index (χ4n) is 3.54. The fourth-order valence-corrected chi connectivity index (χ4v) is 3.54. The van der Waals surface area contributed by atoms with Gasteiger partial charge in [-0.15, -0.1) is 0 Å². The topological polar surface area (TPSA) is 84.6 Å². The minimum absolute atomic E-state index is 0.0262. The summed E-state index contributed by atoms with van der Waals surface area (Å²) in [5.74, 6) is -1.25. The maximum Gasteiger partial charge on any atom is 0.416 e. The van der Waals surface area contributed by atoms with Gasteiger partial charge in [0.2, 0.25) is 0 Å². The molecule has 2 heterocycles. The van der Waals surface area contributed by atoms with Crippen molar-refractivity contribution in [3.05, 3.63) is 65.1 Å². The molecule has 0 spiro atoms. The lowest BCUT2D eigenvalue weighted by atomic mass is 10.0. The lowest BCUT2D eigenvalue weighted by Gasteiger charge is -2.39. The molecule has 0 saturated carbocycles. The maximum atomic E-state index is 13.7. The fraction of sp³-hybridized carbons (Fsp3) is 0.190. The van der Waals surface area contributed by atoms with Crippen LogP contribution in [0.3, 0.4) is 0 Å². The molecule has 0 saturated heterocycles. The van der Waals surface area contributed by atoms with Crippen molar-refractivity contribution in [2.24, 2.45) is 0 Å². The number of carbonyl (C=O) groups excluding carboxylic acids is 1. The van der Waals surface area contributed by atoms with E-state index in [4.69, 9.17) is 10.5 Å². The standard InChI is InChI=1S/C21H17F4N5O2/c1-11-7-13(22)4-6-15(11)29-10-30(17-9-27-20(32-2)28-18(17)26)19(31)14-8-12(21(23,24)25)3-5-16(14)29/h3-9H,10H2,1-2H3,(H2,26,27,28). The Morgan fingerprint density at radius 2 is 1.78 bits per heavy atom. The number of ether oxygens (including phenoxy) is 1. The molecule has 4 rings (SSSR count). The van der Waals surface area contributed by atoms with Gasteiger partial charge in [-0.25, -0.2) is 9.37 Å². The SMILES string of the molecule is COc1ncc(N2CN(c3ccc(F)cc3C)c3ccc(C(F)(F)F)cc3C2=O)c(N)n1. The van der Waals surface area contributed by atoms with Gasteiger partial charge < -0.3 is 15.4 Å². The highest BCUT2D eigenvalue weighted by Gasteiger charge is 2.37. The Labute approximate surface area is 180 Å². The number of alkyl halides is 3. The van der Waals surface area contributed by atoms with E-state index >= 15 is 0 Å². The van der Waals surface area contributed by atoms with Crippen LogP contribution in [0.25, 0.3) is 0 Å². The number of nitrogens with zero attached hydrogens (tertiary/aromatic N) is 4. The van der Waals surface area contributed by atoms with Gasteiger partial charge >= 0.3 is 12.2 Å². The van der Waals surface area contributed by atoms with E-state index in [1.165, 1.54) is 42.5 Å². The molecule has 166 valence electrons. The Hall–Kier alpha value is -3.89. The number of hydrogen-bond acceptors (Lipinski definition) is 6. The van der Waals surface area contributed by atoms with Crippen LogP contribution in [0.15, 0.2) is 42.6 Å². The molecule has 0 radical (unpaired) electrons. The second-order valence-electron chi connectivity index (χ2n) is 7.09. The number of nitrogens with two attached hydrogens (primary N) is 1. The van der Waals surface area contributed by atoms with Crippen LogP contribution in [0.2, 0.25) is 0 Å². The molecule has 3 aromatic rings. The second-order valence-corrected chi connectivity index (χ2v) is 7.09. The minimum atomic E-state index is -4.64. The highest BCUT2D eigenvalue weighted by atomic mass is 19.4. The first-order valence-corrected chi connectivity index (χ1v) is 9.33. The normalized spacial score (nSPS) is 13.9. The number of benzene rings is 2. The van der Waals surface area contributed by atoms with E-state index in [-0.39, 0.29) is 35.4 Å². The smallest absolute Gasteiger partial charge is 0.416 e. The summed E-state index contributed by atoms with van der Waals surface area (Å²) in [6, 6.07) is 6.91. The Morgan fingerprint density at radius 3 is 2.41 bits per heavy atom. The van der Waals surface area contributed by atoms with Crippen molar-refractivity contribution >= 4 is 28.8 Å². The summed E-state index contributed by atoms with van der Waals surface area (Å²) in [5.41, 5.74) is 6.20. The van der Waals surface area contributed by atoms with Gasteiger partial charge in [-0.05, 0) is 48.9 Å². The molecule has 1 aliphatic heterocycles. The summed E-state index contributed by atoms with van der Waals surface area (Å²) in [7, 11) is 1.34. The first-order chi connectivity index (χ1) is 15.1. The summed E-state index contributed by atoms with van der Waals surface area (Å²) in [6.45, 7) is 1.55. The molecule has 2 N–H and O–H groups in total. The lowest BCUT2D eigenvalue weighted by molar-refractivity contribution is -0.137. The van der Waals surface area contributed by atoms with Gasteiger partial charge in [-0.3, -0.25) is 9.69 Å². The molecule has 1 amide bonds. The second kappa shape index (κ2) is 7.66. The third-order valence-corrected chi connectivity index (χ3v) is 5.07. The van der Waals surface area contributed by atoms with Gasteiger partial charge in [-0.1, -0.05) is 0 Å². The summed E-state index contributed by atoms with van der Waals surface area (Å²) < 4.78 is 58.6. The Morgan fingerprint density at radius 1 is 1.06 bits per heavy atom. The Balaban J connectivity index is 1.90. The van der Waals surface area contributed by atoms with Crippen LogP contribution >= 0.6 is 0 Å². The lowest BCUT2D eigenvalue weighted by Crippen LogP contribution is -2.45. The van der Waals surface area contributed by atoms with Crippen molar-refractivity contribution in [1.29, 1.82) is 0 Å². The van der Waals surface area contributed by atoms with Crippen molar-refractivity contribution < 1.29 is 27.1 Å². The molecule has 11 heteroatoms. The van der Waals surface area contributed by atoms with Gasteiger partial charge in [0.25, 0.3) is 5.91 Å². The average molecular weight is 447 g/mol. The number of halogens is 4. The minimum Gasteiger partial charge on any atom is -0.467 e. The van der Waals surface area contributed by atoms with E-state index in [2.05, 4.69) is 9.97 Å². The van der Waals surface area contributed by atoms with Gasteiger partial charge in [-0.2, -0.15) is 18.2 Å². The molecular formula is C21H17F4N5O2. The third-order valence-electron chi connectivity index (χ3n) is 5.07. The van der Waals surface area contributed by atoms with E-state index in [0.717, 1.165) is 12.1 Å². The number of aryl methyl sites for hydroxylation is 1. The molecule has 1 aromatic heterocycles. The number of fused-ring (bicyclic) bond motifs is 1. The van der Waals surface area contributed by atoms with Crippen LogP contribution in [-0.4, -0.2) is 29.7 Å². The van der Waals surface area contributed by atoms with E-state index in [9.17, 15) is 22.4 Å². The number of rotatable bonds is 3. The van der Waals surface area contributed by atoms with E-state index < -0.39 is 23.5 Å². The van der Waals surface area contributed by atoms with E-state index in [1.807, 2.05) is 0 Å². The van der Waals surface area contributed by atoms with Gasteiger partial charge in [0.15, 0.2) is 5.82 Å². The Bertz CT molecular complexity index is 1220. The van der Waals surface area contributed by atoms with Crippen LogP contribution in [-0.2, 0) is 6.18 Å². The van der Waals surface area contributed by atoms with Gasteiger partial charge in [0, 0.05) is 5.69 Å². The largest absolute Gasteiger partial charge is 0.467 e. The number of methoxy groups -OCH3 is 1. The zero-order valence-electron chi connectivity index (χ0n) is 16.9. The average Bonchev–Trinajstić information content (AvgIpc) is 2.74. The number of carbonyl (C=O) groups is 1. The number of aromatic nitrogens is 2. The highest BCUT2D eigenvalue weighted by Crippen LogP contribution is 2.40. The van der Waals surface area contributed by atoms with Gasteiger partial charge in [0.05, 0.1) is 30.1 Å². The third kappa shape index (κ3) is 3.66. The molecule has 0 atom stereocenters. The van der Waals surface area contributed by atoms with E-state index in [1.54, 1.807) is 11.8 Å². The first-order valence-electron chi connectivity index (χ1n) is 9.33. The highest BCUT2D eigenvalue weighted by molar-refractivity contribution is 6.13.